The number of carbonyl (C=O) groups is 1. The second kappa shape index (κ2) is 8.05. The van der Waals surface area contributed by atoms with Crippen LogP contribution in [0.25, 0.3) is 6.08 Å². The monoisotopic (exact) mass is 334 g/mol. The van der Waals surface area contributed by atoms with E-state index in [2.05, 4.69) is 15.2 Å². The predicted molar refractivity (Wildman–Crippen MR) is 87.4 cm³/mol. The van der Waals surface area contributed by atoms with Crippen molar-refractivity contribution in [1.82, 2.24) is 15.2 Å². The van der Waals surface area contributed by atoms with Crippen molar-refractivity contribution < 1.29 is 9.90 Å². The Balaban J connectivity index is 2.17. The summed E-state index contributed by atoms with van der Waals surface area (Å²) in [6.45, 7) is 2.04. The molecule has 0 aliphatic carbocycles. The lowest BCUT2D eigenvalue weighted by Gasteiger charge is -2.06. The number of aryl methyl sites for hydroxylation is 1. The molecule has 0 saturated heterocycles. The highest BCUT2D eigenvalue weighted by Crippen LogP contribution is 2.25. The van der Waals surface area contributed by atoms with Gasteiger partial charge in [0, 0.05) is 16.2 Å². The van der Waals surface area contributed by atoms with Crippen molar-refractivity contribution in [3.63, 3.8) is 0 Å². The fourth-order valence-electron chi connectivity index (χ4n) is 1.75. The van der Waals surface area contributed by atoms with Crippen LogP contribution in [0.5, 0.6) is 0 Å². The minimum Gasteiger partial charge on any atom is -0.544 e. The summed E-state index contributed by atoms with van der Waals surface area (Å²) in [5, 5.41) is 18.5. The van der Waals surface area contributed by atoms with Gasteiger partial charge in [0.1, 0.15) is 5.82 Å². The largest absolute Gasteiger partial charge is 0.544 e. The van der Waals surface area contributed by atoms with Gasteiger partial charge in [-0.05, 0) is 48.2 Å². The summed E-state index contributed by atoms with van der Waals surface area (Å²) in [6, 6.07) is 7.63. The maximum atomic E-state index is 11.3. The minimum atomic E-state index is -1.24. The molecule has 0 bridgehead atoms. The van der Waals surface area contributed by atoms with Crippen LogP contribution in [0.1, 0.15) is 24.7 Å². The fourth-order valence-corrected chi connectivity index (χ4v) is 2.88. The average molecular weight is 334 g/mol. The van der Waals surface area contributed by atoms with Crippen molar-refractivity contribution in [3.8, 4) is 0 Å². The van der Waals surface area contributed by atoms with Gasteiger partial charge < -0.3 is 9.90 Å². The third kappa shape index (κ3) is 4.64. The van der Waals surface area contributed by atoms with Crippen LogP contribution >= 0.6 is 23.5 Å². The van der Waals surface area contributed by atoms with Gasteiger partial charge in [0.2, 0.25) is 5.16 Å². The van der Waals surface area contributed by atoms with E-state index in [0.717, 1.165) is 40.9 Å². The molecule has 1 aromatic heterocycles. The van der Waals surface area contributed by atoms with Crippen LogP contribution in [-0.4, -0.2) is 27.4 Å². The Morgan fingerprint density at radius 1 is 1.36 bits per heavy atom. The van der Waals surface area contributed by atoms with Crippen molar-refractivity contribution in [3.05, 3.63) is 40.6 Å². The molecule has 1 N–H and O–H groups in total. The van der Waals surface area contributed by atoms with Gasteiger partial charge >= 0.3 is 0 Å². The summed E-state index contributed by atoms with van der Waals surface area (Å²) in [7, 11) is 0. The van der Waals surface area contributed by atoms with Crippen molar-refractivity contribution in [2.24, 2.45) is 0 Å². The maximum absolute atomic E-state index is 11.3. The molecule has 0 aliphatic heterocycles. The number of carboxylic acids is 1. The van der Waals surface area contributed by atoms with E-state index in [9.17, 15) is 9.90 Å². The van der Waals surface area contributed by atoms with Crippen LogP contribution in [-0.2, 0) is 11.2 Å². The normalized spacial score (nSPS) is 11.6. The predicted octanol–water partition coefficient (Wildman–Crippen LogP) is 2.36. The summed E-state index contributed by atoms with van der Waals surface area (Å²) < 4.78 is 0. The van der Waals surface area contributed by atoms with Gasteiger partial charge in [-0.1, -0.05) is 19.1 Å². The summed E-state index contributed by atoms with van der Waals surface area (Å²) in [5.74, 6) is -0.479. The Morgan fingerprint density at radius 2 is 2.09 bits per heavy atom. The molecular formula is C15H16N3O2S2-. The highest BCUT2D eigenvalue weighted by molar-refractivity contribution is 8.04. The number of rotatable bonds is 7. The first-order valence-corrected chi connectivity index (χ1v) is 8.82. The average Bonchev–Trinajstić information content (AvgIpc) is 2.95. The zero-order valence-corrected chi connectivity index (χ0v) is 14.0. The Labute approximate surface area is 137 Å². The van der Waals surface area contributed by atoms with Gasteiger partial charge in [-0.25, -0.2) is 4.98 Å². The van der Waals surface area contributed by atoms with E-state index >= 15 is 0 Å². The molecule has 0 aliphatic rings. The topological polar surface area (TPSA) is 81.7 Å². The first kappa shape index (κ1) is 16.6. The Kier molecular flexibility index (Phi) is 6.09. The fraction of sp³-hybridized carbons (Fsp3) is 0.267. The summed E-state index contributed by atoms with van der Waals surface area (Å²) >= 11 is 2.62. The molecule has 2 aromatic rings. The van der Waals surface area contributed by atoms with Crippen LogP contribution in [0.3, 0.4) is 0 Å². The Bertz CT molecular complexity index is 666. The second-order valence-corrected chi connectivity index (χ2v) is 6.37. The standard InChI is InChI=1S/C15H17N3O2S2/c1-3-4-13-16-15(18-17-13)22-12(14(19)20)9-10-5-7-11(21-2)8-6-10/h5-9H,3-4H2,1-2H3,(H,19,20)(H,16,17,18)/p-1/b12-9-. The van der Waals surface area contributed by atoms with Gasteiger partial charge in [-0.3, -0.25) is 5.10 Å². The lowest BCUT2D eigenvalue weighted by molar-refractivity contribution is -0.297. The molecule has 116 valence electrons. The second-order valence-electron chi connectivity index (χ2n) is 4.49. The lowest BCUT2D eigenvalue weighted by atomic mass is 10.2. The molecule has 0 fully saturated rings. The third-order valence-corrected chi connectivity index (χ3v) is 4.43. The van der Waals surface area contributed by atoms with Crippen LogP contribution in [0, 0.1) is 0 Å². The number of aromatic nitrogens is 3. The first-order valence-electron chi connectivity index (χ1n) is 6.78. The van der Waals surface area contributed by atoms with Gasteiger partial charge in [-0.15, -0.1) is 16.9 Å². The minimum absolute atomic E-state index is 0.0824. The molecule has 1 heterocycles. The third-order valence-electron chi connectivity index (χ3n) is 2.81. The number of nitrogens with zero attached hydrogens (tertiary/aromatic N) is 2. The van der Waals surface area contributed by atoms with Crippen LogP contribution in [0.15, 0.2) is 39.2 Å². The molecule has 1 aromatic carbocycles. The van der Waals surface area contributed by atoms with Gasteiger partial charge in [-0.2, -0.15) is 0 Å². The maximum Gasteiger partial charge on any atom is 0.213 e. The molecule has 0 unspecified atom stereocenters. The SMILES string of the molecule is CCCc1nc(S/C(=C\c2ccc(SC)cc2)C(=O)[O-])n[nH]1. The molecule has 0 spiro atoms. The van der Waals surface area contributed by atoms with Crippen molar-refractivity contribution in [1.29, 1.82) is 0 Å². The van der Waals surface area contributed by atoms with E-state index in [4.69, 9.17) is 0 Å². The number of thioether (sulfide) groups is 2. The first-order chi connectivity index (χ1) is 10.6. The smallest absolute Gasteiger partial charge is 0.213 e. The summed E-state index contributed by atoms with van der Waals surface area (Å²) in [6.07, 6.45) is 5.29. The van der Waals surface area contributed by atoms with Gasteiger partial charge in [0.25, 0.3) is 0 Å². The van der Waals surface area contributed by atoms with E-state index in [0.29, 0.717) is 5.16 Å². The molecule has 2 rings (SSSR count). The molecular weight excluding hydrogens is 318 g/mol. The van der Waals surface area contributed by atoms with Crippen molar-refractivity contribution in [2.75, 3.05) is 6.26 Å². The van der Waals surface area contributed by atoms with E-state index < -0.39 is 5.97 Å². The number of carbonyl (C=O) groups excluding carboxylic acids is 1. The number of hydrogen-bond donors (Lipinski definition) is 1. The molecule has 0 amide bonds. The van der Waals surface area contributed by atoms with Crippen molar-refractivity contribution in [2.45, 2.75) is 29.8 Å². The molecule has 0 atom stereocenters. The van der Waals surface area contributed by atoms with E-state index in [1.54, 1.807) is 17.8 Å². The number of aliphatic carboxylic acids is 1. The number of carboxylic acid groups (broad SMARTS) is 1. The van der Waals surface area contributed by atoms with Crippen LogP contribution < -0.4 is 5.11 Å². The molecule has 0 radical (unpaired) electrons. The number of H-pyrrole nitrogens is 1. The van der Waals surface area contributed by atoms with Gasteiger partial charge in [0.15, 0.2) is 0 Å². The number of aromatic amines is 1. The van der Waals surface area contributed by atoms with E-state index in [1.165, 1.54) is 0 Å². The molecule has 0 saturated carbocycles. The zero-order valence-electron chi connectivity index (χ0n) is 12.3. The highest BCUT2D eigenvalue weighted by atomic mass is 32.2. The number of nitrogens with one attached hydrogen (secondary N) is 1. The Hall–Kier alpha value is -1.73. The van der Waals surface area contributed by atoms with E-state index in [1.807, 2.05) is 37.4 Å². The van der Waals surface area contributed by atoms with Crippen LogP contribution in [0.4, 0.5) is 0 Å². The zero-order chi connectivity index (χ0) is 15.9. The lowest BCUT2D eigenvalue weighted by Crippen LogP contribution is -2.23. The molecule has 22 heavy (non-hydrogen) atoms. The molecule has 7 heteroatoms. The van der Waals surface area contributed by atoms with Crippen LogP contribution in [0.2, 0.25) is 0 Å². The highest BCUT2D eigenvalue weighted by Gasteiger charge is 2.08. The van der Waals surface area contributed by atoms with Gasteiger partial charge in [0.05, 0.1) is 5.97 Å². The summed E-state index contributed by atoms with van der Waals surface area (Å²) in [4.78, 5) is 16.8. The quantitative estimate of drug-likeness (QED) is 0.618. The molecule has 5 nitrogen and oxygen atoms in total. The Morgan fingerprint density at radius 3 is 2.68 bits per heavy atom. The van der Waals surface area contributed by atoms with Crippen molar-refractivity contribution >= 4 is 35.6 Å². The number of benzene rings is 1. The number of hydrogen-bond acceptors (Lipinski definition) is 6. The van der Waals surface area contributed by atoms with E-state index in [-0.39, 0.29) is 4.91 Å². The summed E-state index contributed by atoms with van der Waals surface area (Å²) in [5.41, 5.74) is 0.800.